The average molecular weight is 267 g/mol. The van der Waals surface area contributed by atoms with Crippen molar-refractivity contribution in [3.05, 3.63) is 35.1 Å². The number of nitrogens with one attached hydrogen (secondary N) is 1. The van der Waals surface area contributed by atoms with Gasteiger partial charge >= 0.3 is 0 Å². The van der Waals surface area contributed by atoms with Gasteiger partial charge in [-0.05, 0) is 37.6 Å². The van der Waals surface area contributed by atoms with Crippen LogP contribution in [0.5, 0.6) is 0 Å². The Morgan fingerprint density at radius 3 is 2.95 bits per heavy atom. The predicted octanol–water partition coefficient (Wildman–Crippen LogP) is 1.40. The summed E-state index contributed by atoms with van der Waals surface area (Å²) in [7, 11) is 0. The summed E-state index contributed by atoms with van der Waals surface area (Å²) in [6.45, 7) is 4.00. The van der Waals surface area contributed by atoms with E-state index in [9.17, 15) is 14.3 Å². The Balaban J connectivity index is 1.99. The summed E-state index contributed by atoms with van der Waals surface area (Å²) in [5, 5.41) is 12.9. The Hall–Kier alpha value is -1.46. The molecule has 1 aliphatic heterocycles. The third-order valence-corrected chi connectivity index (χ3v) is 3.63. The van der Waals surface area contributed by atoms with E-state index in [1.165, 1.54) is 18.2 Å². The zero-order chi connectivity index (χ0) is 14.0. The summed E-state index contributed by atoms with van der Waals surface area (Å²) in [5.74, 6) is -0.663. The third kappa shape index (κ3) is 2.93. The van der Waals surface area contributed by atoms with Crippen molar-refractivity contribution < 1.29 is 19.0 Å². The summed E-state index contributed by atoms with van der Waals surface area (Å²) in [5.41, 5.74) is -0.219. The molecule has 0 saturated carbocycles. The Kier molecular flexibility index (Phi) is 3.87. The van der Waals surface area contributed by atoms with E-state index < -0.39 is 5.60 Å². The summed E-state index contributed by atoms with van der Waals surface area (Å²) in [4.78, 5) is 11.9. The SMILES string of the molecule is Cc1cc(C(=O)NCC2(O)CCOC2C)ccc1F. The van der Waals surface area contributed by atoms with Gasteiger partial charge in [-0.3, -0.25) is 4.79 Å². The van der Waals surface area contributed by atoms with Gasteiger partial charge in [0.15, 0.2) is 0 Å². The van der Waals surface area contributed by atoms with E-state index in [0.29, 0.717) is 24.2 Å². The number of rotatable bonds is 3. The lowest BCUT2D eigenvalue weighted by atomic mass is 9.96. The number of carbonyl (C=O) groups excluding carboxylic acids is 1. The first-order chi connectivity index (χ1) is 8.92. The van der Waals surface area contributed by atoms with Gasteiger partial charge in [0, 0.05) is 25.1 Å². The van der Waals surface area contributed by atoms with E-state index in [0.717, 1.165) is 0 Å². The van der Waals surface area contributed by atoms with Crippen LogP contribution in [0.2, 0.25) is 0 Å². The molecule has 1 fully saturated rings. The van der Waals surface area contributed by atoms with Crippen LogP contribution >= 0.6 is 0 Å². The van der Waals surface area contributed by atoms with E-state index in [1.54, 1.807) is 13.8 Å². The Bertz CT molecular complexity index is 492. The van der Waals surface area contributed by atoms with Gasteiger partial charge in [-0.1, -0.05) is 0 Å². The zero-order valence-electron chi connectivity index (χ0n) is 11.1. The number of aryl methyl sites for hydroxylation is 1. The standard InChI is InChI=1S/C14H18FNO3/c1-9-7-11(3-4-12(9)15)13(17)16-8-14(18)5-6-19-10(14)2/h3-4,7,10,18H,5-6,8H2,1-2H3,(H,16,17). The van der Waals surface area contributed by atoms with Crippen molar-refractivity contribution in [3.8, 4) is 0 Å². The number of carbonyl (C=O) groups is 1. The van der Waals surface area contributed by atoms with Crippen LogP contribution < -0.4 is 5.32 Å². The quantitative estimate of drug-likeness (QED) is 0.870. The molecule has 104 valence electrons. The van der Waals surface area contributed by atoms with Crippen molar-refractivity contribution in [2.24, 2.45) is 0 Å². The lowest BCUT2D eigenvalue weighted by Gasteiger charge is -2.26. The second-order valence-corrected chi connectivity index (χ2v) is 5.01. The summed E-state index contributed by atoms with van der Waals surface area (Å²) in [6.07, 6.45) is 0.194. The van der Waals surface area contributed by atoms with E-state index in [1.807, 2.05) is 0 Å². The molecule has 2 N–H and O–H groups in total. The molecule has 2 unspecified atom stereocenters. The summed E-state index contributed by atoms with van der Waals surface area (Å²) >= 11 is 0. The highest BCUT2D eigenvalue weighted by molar-refractivity contribution is 5.94. The van der Waals surface area contributed by atoms with Crippen LogP contribution in [0.3, 0.4) is 0 Å². The van der Waals surface area contributed by atoms with Crippen LogP contribution in [-0.2, 0) is 4.74 Å². The molecule has 0 radical (unpaired) electrons. The lowest BCUT2D eigenvalue weighted by Crippen LogP contribution is -2.47. The molecule has 19 heavy (non-hydrogen) atoms. The number of ether oxygens (including phenoxy) is 1. The molecule has 0 bridgehead atoms. The maximum atomic E-state index is 13.1. The van der Waals surface area contributed by atoms with Gasteiger partial charge in [0.2, 0.25) is 0 Å². The molecule has 1 aliphatic rings. The molecule has 1 aromatic rings. The molecule has 4 nitrogen and oxygen atoms in total. The number of hydrogen-bond acceptors (Lipinski definition) is 3. The van der Waals surface area contributed by atoms with Gasteiger partial charge in [-0.2, -0.15) is 0 Å². The number of aliphatic hydroxyl groups is 1. The smallest absolute Gasteiger partial charge is 0.251 e. The minimum absolute atomic E-state index is 0.128. The number of amides is 1. The van der Waals surface area contributed by atoms with Gasteiger partial charge in [0.05, 0.1) is 6.10 Å². The largest absolute Gasteiger partial charge is 0.385 e. The van der Waals surface area contributed by atoms with Gasteiger partial charge < -0.3 is 15.2 Å². The fourth-order valence-electron chi connectivity index (χ4n) is 2.12. The monoisotopic (exact) mass is 267 g/mol. The highest BCUT2D eigenvalue weighted by Gasteiger charge is 2.39. The Morgan fingerprint density at radius 1 is 1.63 bits per heavy atom. The number of hydrogen-bond donors (Lipinski definition) is 2. The molecule has 2 atom stereocenters. The second kappa shape index (κ2) is 5.27. The van der Waals surface area contributed by atoms with E-state index in [4.69, 9.17) is 4.74 Å². The van der Waals surface area contributed by atoms with Crippen molar-refractivity contribution in [2.75, 3.05) is 13.2 Å². The second-order valence-electron chi connectivity index (χ2n) is 5.01. The molecule has 1 aromatic carbocycles. The van der Waals surface area contributed by atoms with Gasteiger partial charge in [-0.25, -0.2) is 4.39 Å². The fourth-order valence-corrected chi connectivity index (χ4v) is 2.12. The van der Waals surface area contributed by atoms with Crippen molar-refractivity contribution >= 4 is 5.91 Å². The molecule has 0 aromatic heterocycles. The van der Waals surface area contributed by atoms with Crippen LogP contribution in [0.1, 0.15) is 29.3 Å². The molecular formula is C14H18FNO3. The van der Waals surface area contributed by atoms with E-state index in [-0.39, 0.29) is 24.4 Å². The highest BCUT2D eigenvalue weighted by atomic mass is 19.1. The fraction of sp³-hybridized carbons (Fsp3) is 0.500. The first kappa shape index (κ1) is 14.0. The van der Waals surface area contributed by atoms with Crippen LogP contribution in [0, 0.1) is 12.7 Å². The van der Waals surface area contributed by atoms with Gasteiger partial charge in [-0.15, -0.1) is 0 Å². The maximum absolute atomic E-state index is 13.1. The minimum atomic E-state index is -1.02. The van der Waals surface area contributed by atoms with Crippen molar-refractivity contribution in [1.82, 2.24) is 5.32 Å². The Morgan fingerprint density at radius 2 is 2.37 bits per heavy atom. The first-order valence-electron chi connectivity index (χ1n) is 6.31. The molecule has 5 heteroatoms. The van der Waals surface area contributed by atoms with Crippen LogP contribution in [0.15, 0.2) is 18.2 Å². The van der Waals surface area contributed by atoms with Crippen molar-refractivity contribution in [1.29, 1.82) is 0 Å². The molecule has 0 spiro atoms. The third-order valence-electron chi connectivity index (χ3n) is 3.63. The molecule has 0 aliphatic carbocycles. The number of halogens is 1. The molecule has 1 heterocycles. The molecular weight excluding hydrogens is 249 g/mol. The topological polar surface area (TPSA) is 58.6 Å². The molecule has 1 amide bonds. The maximum Gasteiger partial charge on any atom is 0.251 e. The van der Waals surface area contributed by atoms with Crippen molar-refractivity contribution in [3.63, 3.8) is 0 Å². The van der Waals surface area contributed by atoms with Crippen molar-refractivity contribution in [2.45, 2.75) is 32.0 Å². The van der Waals surface area contributed by atoms with Crippen LogP contribution in [0.25, 0.3) is 0 Å². The van der Waals surface area contributed by atoms with Gasteiger partial charge in [0.25, 0.3) is 5.91 Å². The zero-order valence-corrected chi connectivity index (χ0v) is 11.1. The normalized spacial score (nSPS) is 26.4. The molecule has 2 rings (SSSR count). The summed E-state index contributed by atoms with van der Waals surface area (Å²) in [6, 6.07) is 4.18. The first-order valence-corrected chi connectivity index (χ1v) is 6.31. The number of benzene rings is 1. The van der Waals surface area contributed by atoms with E-state index in [2.05, 4.69) is 5.32 Å². The summed E-state index contributed by atoms with van der Waals surface area (Å²) < 4.78 is 18.4. The van der Waals surface area contributed by atoms with Crippen LogP contribution in [0.4, 0.5) is 4.39 Å². The molecule has 1 saturated heterocycles. The Labute approximate surface area is 111 Å². The average Bonchev–Trinajstić information content (AvgIpc) is 2.71. The minimum Gasteiger partial charge on any atom is -0.385 e. The highest BCUT2D eigenvalue weighted by Crippen LogP contribution is 2.24. The van der Waals surface area contributed by atoms with E-state index >= 15 is 0 Å². The van der Waals surface area contributed by atoms with Gasteiger partial charge in [0.1, 0.15) is 11.4 Å². The predicted molar refractivity (Wildman–Crippen MR) is 68.5 cm³/mol. The van der Waals surface area contributed by atoms with Crippen LogP contribution in [-0.4, -0.2) is 35.9 Å². The lowest BCUT2D eigenvalue weighted by molar-refractivity contribution is -0.0251.